The second kappa shape index (κ2) is 12.1. The molecule has 0 bridgehead atoms. The number of fused-ring (bicyclic) bond motifs is 2. The van der Waals surface area contributed by atoms with Crippen molar-refractivity contribution < 1.29 is 14.3 Å². The molecule has 0 aromatic carbocycles. The molecule has 8 heterocycles. The van der Waals surface area contributed by atoms with Crippen molar-refractivity contribution in [3.63, 3.8) is 0 Å². The van der Waals surface area contributed by atoms with Gasteiger partial charge in [-0.1, -0.05) is 12.1 Å². The summed E-state index contributed by atoms with van der Waals surface area (Å²) in [5, 5.41) is 49.0. The Morgan fingerprint density at radius 3 is 1.51 bits per heavy atom. The van der Waals surface area contributed by atoms with Crippen LogP contribution in [0.25, 0.3) is 22.9 Å². The molecule has 0 unspecified atom stereocenters. The molecule has 21 nitrogen and oxygen atoms in total. The fraction of sp³-hybridized carbons (Fsp3) is 0.133. The zero-order valence-electron chi connectivity index (χ0n) is 27.2. The lowest BCUT2D eigenvalue weighted by Gasteiger charge is -2.05. The number of azo groups is 2. The molecule has 252 valence electrons. The van der Waals surface area contributed by atoms with Crippen molar-refractivity contribution in [3.8, 4) is 11.6 Å². The lowest BCUT2D eigenvalue weighted by atomic mass is 10.3. The van der Waals surface area contributed by atoms with E-state index in [1.54, 1.807) is 85.5 Å². The van der Waals surface area contributed by atoms with E-state index in [2.05, 4.69) is 71.2 Å². The monoisotopic (exact) mass is 684 g/mol. The van der Waals surface area contributed by atoms with E-state index < -0.39 is 11.9 Å². The van der Waals surface area contributed by atoms with E-state index in [1.165, 1.54) is 21.8 Å². The highest BCUT2D eigenvalue weighted by Gasteiger charge is 2.28. The minimum atomic E-state index is -1.07. The number of esters is 2. The van der Waals surface area contributed by atoms with Gasteiger partial charge in [0.25, 0.3) is 0 Å². The van der Waals surface area contributed by atoms with Gasteiger partial charge < -0.3 is 4.74 Å². The second-order valence-electron chi connectivity index (χ2n) is 11.0. The predicted molar refractivity (Wildman–Crippen MR) is 174 cm³/mol. The third-order valence-electron chi connectivity index (χ3n) is 7.65. The molecule has 0 saturated heterocycles. The van der Waals surface area contributed by atoms with Gasteiger partial charge in [0.15, 0.2) is 45.9 Å². The van der Waals surface area contributed by atoms with Gasteiger partial charge in [0.1, 0.15) is 22.8 Å². The highest BCUT2D eigenvalue weighted by molar-refractivity contribution is 6.06. The summed E-state index contributed by atoms with van der Waals surface area (Å²) in [6.07, 6.45) is 5.52. The molecule has 0 aliphatic carbocycles. The number of nitrogens with zero attached hydrogens (tertiary/aromatic N) is 16. The number of aromatic amines is 2. The summed E-state index contributed by atoms with van der Waals surface area (Å²) in [5.74, 6) is -0.341. The topological polar surface area (TPSA) is 246 Å². The number of H-pyrrole nitrogens is 2. The largest absolute Gasteiger partial charge is 0.385 e. The Balaban J connectivity index is 1.16. The van der Waals surface area contributed by atoms with Gasteiger partial charge in [-0.3, -0.25) is 10.2 Å². The van der Waals surface area contributed by atoms with Gasteiger partial charge in [0.2, 0.25) is 0 Å². The van der Waals surface area contributed by atoms with E-state index in [0.717, 1.165) is 0 Å². The molecule has 8 rings (SSSR count). The first kappa shape index (κ1) is 30.7. The van der Waals surface area contributed by atoms with Gasteiger partial charge in [0, 0.05) is 12.4 Å². The standard InChI is InChI=1S/C30H24N18O3/c1-15-23(27-41-35-17(3)45(27)43-15)37-39-25-19(13-33-47(25)21-9-5-7-11-31-21)29(49)51-30(50)20-14-34-48(22-10-6-8-12-32-22)26(20)40-38-24-16(2)44-46-18(4)36-42-28(24)46/h5-14,41-42H,1-4H3/b39-37+,40-38+. The van der Waals surface area contributed by atoms with Crippen LogP contribution in [0.1, 0.15) is 43.8 Å². The third kappa shape index (κ3) is 5.29. The summed E-state index contributed by atoms with van der Waals surface area (Å²) >= 11 is 0. The Labute approximate surface area is 284 Å². The van der Waals surface area contributed by atoms with Gasteiger partial charge >= 0.3 is 11.9 Å². The number of pyridine rings is 2. The molecular weight excluding hydrogens is 660 g/mol. The van der Waals surface area contributed by atoms with Crippen LogP contribution < -0.4 is 0 Å². The molecule has 0 fully saturated rings. The summed E-state index contributed by atoms with van der Waals surface area (Å²) in [6.45, 7) is 7.07. The molecule has 21 heteroatoms. The smallest absolute Gasteiger partial charge is 0.351 e. The van der Waals surface area contributed by atoms with E-state index in [1.807, 2.05) is 0 Å². The van der Waals surface area contributed by atoms with Crippen molar-refractivity contribution in [2.24, 2.45) is 20.5 Å². The van der Waals surface area contributed by atoms with E-state index in [-0.39, 0.29) is 22.8 Å². The molecule has 2 N–H and O–H groups in total. The Kier molecular flexibility index (Phi) is 7.32. The Hall–Kier alpha value is -7.58. The number of aromatic nitrogens is 14. The van der Waals surface area contributed by atoms with Crippen LogP contribution in [0.3, 0.4) is 0 Å². The van der Waals surface area contributed by atoms with E-state index in [4.69, 9.17) is 4.74 Å². The summed E-state index contributed by atoms with van der Waals surface area (Å²) in [6, 6.07) is 10.3. The quantitative estimate of drug-likeness (QED) is 0.127. The van der Waals surface area contributed by atoms with Crippen LogP contribution in [0.4, 0.5) is 23.0 Å². The lowest BCUT2D eigenvalue weighted by Crippen LogP contribution is -2.12. The number of carbonyl (C=O) groups is 2. The van der Waals surface area contributed by atoms with Gasteiger partial charge in [-0.2, -0.15) is 49.0 Å². The van der Waals surface area contributed by atoms with Crippen LogP contribution in [0.2, 0.25) is 0 Å². The number of ether oxygens (including phenoxy) is 1. The highest BCUT2D eigenvalue weighted by atomic mass is 16.6. The second-order valence-corrected chi connectivity index (χ2v) is 11.0. The van der Waals surface area contributed by atoms with Crippen molar-refractivity contribution >= 4 is 46.2 Å². The number of aryl methyl sites for hydroxylation is 4. The van der Waals surface area contributed by atoms with Gasteiger partial charge in [-0.25, -0.2) is 19.6 Å². The SMILES string of the molecule is Cc1nn2c(C)n[nH]c2c1/N=N/c1c(C(=O)OC(=O)c2cnn(-c3ccccn3)c2/N=N/c2c(C)nn3c(C)n[nH]c23)cnn1-c1ccccn1. The van der Waals surface area contributed by atoms with Crippen LogP contribution in [0, 0.1) is 27.7 Å². The molecule has 0 radical (unpaired) electrons. The lowest BCUT2D eigenvalue weighted by molar-refractivity contribution is 0.0399. The molecule has 0 amide bonds. The maximum Gasteiger partial charge on any atom is 0.351 e. The number of nitrogens with one attached hydrogen (secondary N) is 2. The average molecular weight is 685 g/mol. The summed E-state index contributed by atoms with van der Waals surface area (Å²) in [7, 11) is 0. The van der Waals surface area contributed by atoms with E-state index >= 15 is 0 Å². The molecule has 0 spiro atoms. The normalized spacial score (nSPS) is 11.9. The maximum absolute atomic E-state index is 13.7. The van der Waals surface area contributed by atoms with Crippen LogP contribution in [0.5, 0.6) is 0 Å². The Bertz CT molecular complexity index is 2470. The van der Waals surface area contributed by atoms with Gasteiger partial charge in [-0.15, -0.1) is 20.5 Å². The zero-order chi connectivity index (χ0) is 35.2. The van der Waals surface area contributed by atoms with E-state index in [9.17, 15) is 9.59 Å². The third-order valence-corrected chi connectivity index (χ3v) is 7.65. The minimum absolute atomic E-state index is 0.0545. The van der Waals surface area contributed by atoms with Crippen LogP contribution in [0.15, 0.2) is 81.6 Å². The molecule has 8 aromatic heterocycles. The summed E-state index contributed by atoms with van der Waals surface area (Å²) < 4.78 is 11.1. The van der Waals surface area contributed by atoms with Crippen molar-refractivity contribution in [1.29, 1.82) is 0 Å². The van der Waals surface area contributed by atoms with Crippen LogP contribution in [-0.2, 0) is 4.74 Å². The molecule has 51 heavy (non-hydrogen) atoms. The minimum Gasteiger partial charge on any atom is -0.385 e. The van der Waals surface area contributed by atoms with Crippen molar-refractivity contribution in [2.45, 2.75) is 27.7 Å². The molecule has 0 saturated carbocycles. The first-order valence-electron chi connectivity index (χ1n) is 15.2. The van der Waals surface area contributed by atoms with Crippen molar-refractivity contribution in [3.05, 3.63) is 95.3 Å². The van der Waals surface area contributed by atoms with Crippen LogP contribution >= 0.6 is 0 Å². The molecule has 0 aliphatic heterocycles. The Morgan fingerprint density at radius 2 is 1.10 bits per heavy atom. The van der Waals surface area contributed by atoms with Gasteiger partial charge in [-0.05, 0) is 52.0 Å². The predicted octanol–water partition coefficient (Wildman–Crippen LogP) is 4.65. The molecule has 0 aliphatic rings. The molecule has 8 aromatic rings. The van der Waals surface area contributed by atoms with Crippen LogP contribution in [-0.4, -0.2) is 81.1 Å². The number of rotatable bonds is 8. The Morgan fingerprint density at radius 1 is 0.647 bits per heavy atom. The number of hydrogen-bond donors (Lipinski definition) is 2. The fourth-order valence-electron chi connectivity index (χ4n) is 5.16. The summed E-state index contributed by atoms with van der Waals surface area (Å²) in [4.78, 5) is 36.0. The molecular formula is C30H24N18O3. The first-order chi connectivity index (χ1) is 24.8. The summed E-state index contributed by atoms with van der Waals surface area (Å²) in [5.41, 5.74) is 2.53. The van der Waals surface area contributed by atoms with Gasteiger partial charge in [0.05, 0.1) is 23.8 Å². The molecule has 0 atom stereocenters. The van der Waals surface area contributed by atoms with Crippen molar-refractivity contribution in [2.75, 3.05) is 0 Å². The maximum atomic E-state index is 13.7. The number of hydrogen-bond acceptors (Lipinski definition) is 15. The average Bonchev–Trinajstić information content (AvgIpc) is 3.99. The number of carbonyl (C=O) groups excluding carboxylic acids is 2. The first-order valence-corrected chi connectivity index (χ1v) is 15.2. The fourth-order valence-corrected chi connectivity index (χ4v) is 5.16. The zero-order valence-corrected chi connectivity index (χ0v) is 27.2. The van der Waals surface area contributed by atoms with E-state index in [0.29, 0.717) is 57.3 Å². The van der Waals surface area contributed by atoms with Crippen molar-refractivity contribution in [1.82, 2.24) is 69.2 Å². The highest BCUT2D eigenvalue weighted by Crippen LogP contribution is 2.32.